The van der Waals surface area contributed by atoms with Crippen LogP contribution in [0.15, 0.2) is 72.9 Å². The summed E-state index contributed by atoms with van der Waals surface area (Å²) in [6.07, 6.45) is 30.9. The number of hydrogen-bond donors (Lipinski definition) is 9. The van der Waals surface area contributed by atoms with Crippen LogP contribution in [0.4, 0.5) is 0 Å². The molecule has 0 saturated carbocycles. The Morgan fingerprint density at radius 1 is 0.561 bits per heavy atom. The van der Waals surface area contributed by atoms with Crippen LogP contribution in [0, 0.1) is 0 Å². The molecule has 1 amide bonds. The third kappa shape index (κ3) is 25.2. The summed E-state index contributed by atoms with van der Waals surface area (Å²) in [6.45, 7) is 2.60. The lowest BCUT2D eigenvalue weighted by molar-refractivity contribution is -0.359. The number of ether oxygens (including phenoxy) is 4. The first kappa shape index (κ1) is 59.6. The van der Waals surface area contributed by atoms with Crippen molar-refractivity contribution < 1.29 is 64.6 Å². The van der Waals surface area contributed by atoms with Crippen LogP contribution >= 0.6 is 0 Å². The Morgan fingerprint density at radius 2 is 1.06 bits per heavy atom. The fourth-order valence-corrected chi connectivity index (χ4v) is 7.77. The first-order valence-corrected chi connectivity index (χ1v) is 25.2. The van der Waals surface area contributed by atoms with Gasteiger partial charge in [0, 0.05) is 6.42 Å². The SMILES string of the molecule is CC/C=C\C/C=C\C/C=C\C/C=C\CCCCC(=O)NC(COC1OC(CO)C(OC2OC(CO)C(O)C(O)C2O)C(O)C1O)C(O)/C=C/CC/C=C/CCCCCCCCCCCCC. The van der Waals surface area contributed by atoms with Gasteiger partial charge in [0.2, 0.25) is 5.91 Å². The van der Waals surface area contributed by atoms with Gasteiger partial charge < -0.3 is 65.1 Å². The largest absolute Gasteiger partial charge is 0.394 e. The second kappa shape index (κ2) is 38.3. The molecule has 0 aromatic heterocycles. The quantitative estimate of drug-likeness (QED) is 0.0242. The first-order chi connectivity index (χ1) is 32.1. The van der Waals surface area contributed by atoms with Gasteiger partial charge >= 0.3 is 0 Å². The highest BCUT2D eigenvalue weighted by Crippen LogP contribution is 2.30. The van der Waals surface area contributed by atoms with Gasteiger partial charge in [-0.15, -0.1) is 0 Å². The number of rotatable bonds is 37. The third-order valence-corrected chi connectivity index (χ3v) is 11.9. The maximum atomic E-state index is 13.1. The number of nitrogens with one attached hydrogen (secondary N) is 1. The highest BCUT2D eigenvalue weighted by molar-refractivity contribution is 5.76. The molecule has 0 bridgehead atoms. The van der Waals surface area contributed by atoms with Gasteiger partial charge in [-0.05, 0) is 70.6 Å². The number of amides is 1. The van der Waals surface area contributed by atoms with E-state index in [4.69, 9.17) is 18.9 Å². The number of hydrogen-bond acceptors (Lipinski definition) is 13. The molecule has 0 aromatic carbocycles. The van der Waals surface area contributed by atoms with Gasteiger partial charge in [0.1, 0.15) is 48.8 Å². The van der Waals surface area contributed by atoms with E-state index in [1.807, 2.05) is 6.08 Å². The molecule has 0 spiro atoms. The van der Waals surface area contributed by atoms with Gasteiger partial charge in [-0.3, -0.25) is 4.79 Å². The van der Waals surface area contributed by atoms with Crippen LogP contribution in [0.1, 0.15) is 155 Å². The summed E-state index contributed by atoms with van der Waals surface area (Å²) in [5, 5.41) is 86.6. The van der Waals surface area contributed by atoms with E-state index in [1.165, 1.54) is 70.6 Å². The summed E-state index contributed by atoms with van der Waals surface area (Å²) in [4.78, 5) is 13.1. The summed E-state index contributed by atoms with van der Waals surface area (Å²) in [5.41, 5.74) is 0. The fraction of sp³-hybridized carbons (Fsp3) is 0.750. The van der Waals surface area contributed by atoms with Crippen LogP contribution < -0.4 is 5.32 Å². The molecule has 0 aliphatic carbocycles. The molecule has 2 saturated heterocycles. The van der Waals surface area contributed by atoms with Gasteiger partial charge in [0.05, 0.1) is 32.0 Å². The van der Waals surface area contributed by atoms with E-state index in [-0.39, 0.29) is 18.9 Å². The predicted molar refractivity (Wildman–Crippen MR) is 258 cm³/mol. The molecule has 9 N–H and O–H groups in total. The van der Waals surface area contributed by atoms with E-state index in [2.05, 4.69) is 79.9 Å². The van der Waals surface area contributed by atoms with Crippen LogP contribution in [-0.2, 0) is 23.7 Å². The zero-order chi connectivity index (χ0) is 48.2. The summed E-state index contributed by atoms with van der Waals surface area (Å²) in [5.74, 6) is -0.294. The monoisotopic (exact) mass is 936 g/mol. The van der Waals surface area contributed by atoms with Crippen molar-refractivity contribution in [3.63, 3.8) is 0 Å². The molecule has 2 aliphatic heterocycles. The molecule has 0 radical (unpaired) electrons. The van der Waals surface area contributed by atoms with Crippen molar-refractivity contribution in [1.29, 1.82) is 0 Å². The van der Waals surface area contributed by atoms with Crippen molar-refractivity contribution in [3.8, 4) is 0 Å². The Morgan fingerprint density at radius 3 is 1.67 bits per heavy atom. The van der Waals surface area contributed by atoms with E-state index in [0.29, 0.717) is 12.8 Å². The van der Waals surface area contributed by atoms with E-state index in [1.54, 1.807) is 6.08 Å². The minimum Gasteiger partial charge on any atom is -0.394 e. The molecule has 2 fully saturated rings. The highest BCUT2D eigenvalue weighted by atomic mass is 16.7. The van der Waals surface area contributed by atoms with Gasteiger partial charge in [-0.25, -0.2) is 0 Å². The lowest BCUT2D eigenvalue weighted by atomic mass is 9.97. The minimum atomic E-state index is -1.80. The Hall–Kier alpha value is -2.57. The standard InChI is InChI=1S/C52H89NO13/c1-3-5-7-9-11-13-15-17-19-20-22-23-25-27-29-31-33-35-41(56)40(53-44(57)36-34-32-30-28-26-24-21-18-16-14-12-10-8-6-4-2)39-63-51-49(62)47(60)50(43(38-55)65-51)66-52-48(61)46(59)45(58)42(37-54)64-52/h6,8,12,14,18,21,25-28,33,35,40-43,45-52,54-56,58-62H,3-5,7,9-11,13,15-17,19-20,22-24,29-32,34,36-39H2,1-2H3,(H,53,57)/b8-6-,14-12-,21-18-,27-25+,28-26-,35-33+. The Balaban J connectivity index is 1.90. The van der Waals surface area contributed by atoms with E-state index in [0.717, 1.165) is 51.4 Å². The second-order valence-corrected chi connectivity index (χ2v) is 17.6. The highest BCUT2D eigenvalue weighted by Gasteiger charge is 2.51. The normalized spacial score (nSPS) is 27.4. The number of carbonyl (C=O) groups excluding carboxylic acids is 1. The van der Waals surface area contributed by atoms with Gasteiger partial charge in [0.15, 0.2) is 12.6 Å². The summed E-state index contributed by atoms with van der Waals surface area (Å²) >= 11 is 0. The average molecular weight is 936 g/mol. The number of carbonyl (C=O) groups is 1. The summed E-state index contributed by atoms with van der Waals surface area (Å²) in [7, 11) is 0. The van der Waals surface area contributed by atoms with E-state index in [9.17, 15) is 45.6 Å². The molecule has 2 heterocycles. The van der Waals surface area contributed by atoms with Crippen molar-refractivity contribution in [2.45, 2.75) is 229 Å². The molecule has 66 heavy (non-hydrogen) atoms. The second-order valence-electron chi connectivity index (χ2n) is 17.6. The van der Waals surface area contributed by atoms with Crippen molar-refractivity contribution in [2.75, 3.05) is 19.8 Å². The molecule has 380 valence electrons. The lowest BCUT2D eigenvalue weighted by Crippen LogP contribution is -2.65. The summed E-state index contributed by atoms with van der Waals surface area (Å²) < 4.78 is 22.6. The molecule has 14 heteroatoms. The number of aliphatic hydroxyl groups is 8. The minimum absolute atomic E-state index is 0.217. The first-order valence-electron chi connectivity index (χ1n) is 25.2. The van der Waals surface area contributed by atoms with Gasteiger partial charge in [-0.2, -0.15) is 0 Å². The molecule has 12 unspecified atom stereocenters. The molecule has 2 aliphatic rings. The van der Waals surface area contributed by atoms with Gasteiger partial charge in [-0.1, -0.05) is 151 Å². The topological polar surface area (TPSA) is 228 Å². The van der Waals surface area contributed by atoms with Crippen molar-refractivity contribution in [1.82, 2.24) is 5.32 Å². The molecular weight excluding hydrogens is 847 g/mol. The Labute approximate surface area is 396 Å². The maximum absolute atomic E-state index is 13.1. The Bertz CT molecular complexity index is 1380. The van der Waals surface area contributed by atoms with Crippen molar-refractivity contribution >= 4 is 5.91 Å². The number of unbranched alkanes of at least 4 members (excludes halogenated alkanes) is 14. The van der Waals surface area contributed by atoms with Crippen molar-refractivity contribution in [2.24, 2.45) is 0 Å². The molecule has 0 aromatic rings. The average Bonchev–Trinajstić information content (AvgIpc) is 3.31. The van der Waals surface area contributed by atoms with Crippen LogP contribution in [0.5, 0.6) is 0 Å². The molecule has 2 rings (SSSR count). The lowest BCUT2D eigenvalue weighted by Gasteiger charge is -2.46. The van der Waals surface area contributed by atoms with Crippen LogP contribution in [0.3, 0.4) is 0 Å². The van der Waals surface area contributed by atoms with E-state index < -0.39 is 86.8 Å². The smallest absolute Gasteiger partial charge is 0.220 e. The predicted octanol–water partition coefficient (Wildman–Crippen LogP) is 6.43. The van der Waals surface area contributed by atoms with Gasteiger partial charge in [0.25, 0.3) is 0 Å². The Kier molecular flexibility index (Phi) is 34.6. The van der Waals surface area contributed by atoms with Crippen LogP contribution in [-0.4, -0.2) is 140 Å². The fourth-order valence-electron chi connectivity index (χ4n) is 7.77. The molecule has 14 nitrogen and oxygen atoms in total. The zero-order valence-electron chi connectivity index (χ0n) is 40.2. The van der Waals surface area contributed by atoms with Crippen LogP contribution in [0.2, 0.25) is 0 Å². The third-order valence-electron chi connectivity index (χ3n) is 11.9. The zero-order valence-corrected chi connectivity index (χ0v) is 40.2. The number of aliphatic hydroxyl groups excluding tert-OH is 8. The summed E-state index contributed by atoms with van der Waals surface area (Å²) in [6, 6.07) is -0.955. The molecular formula is C52H89NO13. The number of allylic oxidation sites excluding steroid dienone is 11. The van der Waals surface area contributed by atoms with Crippen molar-refractivity contribution in [3.05, 3.63) is 72.9 Å². The van der Waals surface area contributed by atoms with Crippen LogP contribution in [0.25, 0.3) is 0 Å². The van der Waals surface area contributed by atoms with E-state index >= 15 is 0 Å². The molecule has 12 atom stereocenters. The maximum Gasteiger partial charge on any atom is 0.220 e.